The molecule has 1 aliphatic carbocycles. The van der Waals surface area contributed by atoms with Gasteiger partial charge in [-0.05, 0) is 25.5 Å². The molecule has 2 aromatic rings. The SMILES string of the molecule is CC.CCCN(CC)C1=C(Nc2ccccc2)C(=O)c2ccccc2C1=O. The van der Waals surface area contributed by atoms with Crippen molar-refractivity contribution in [3.8, 4) is 0 Å². The van der Waals surface area contributed by atoms with Gasteiger partial charge < -0.3 is 10.2 Å². The normalized spacial score (nSPS) is 12.9. The molecule has 0 saturated carbocycles. The van der Waals surface area contributed by atoms with Crippen LogP contribution in [-0.4, -0.2) is 29.6 Å². The summed E-state index contributed by atoms with van der Waals surface area (Å²) in [6, 6.07) is 16.5. The summed E-state index contributed by atoms with van der Waals surface area (Å²) in [6.07, 6.45) is 0.902. The summed E-state index contributed by atoms with van der Waals surface area (Å²) in [5, 5.41) is 3.19. The zero-order valence-electron chi connectivity index (χ0n) is 16.6. The molecular formula is C23H28N2O2. The van der Waals surface area contributed by atoms with E-state index in [1.165, 1.54) is 0 Å². The molecular weight excluding hydrogens is 336 g/mol. The molecule has 0 saturated heterocycles. The van der Waals surface area contributed by atoms with E-state index in [0.717, 1.165) is 18.7 Å². The number of fused-ring (bicyclic) bond motifs is 1. The van der Waals surface area contributed by atoms with E-state index in [1.54, 1.807) is 24.3 Å². The van der Waals surface area contributed by atoms with Gasteiger partial charge in [0, 0.05) is 29.9 Å². The van der Waals surface area contributed by atoms with Crippen LogP contribution in [0.2, 0.25) is 0 Å². The highest BCUT2D eigenvalue weighted by molar-refractivity contribution is 6.27. The summed E-state index contributed by atoms with van der Waals surface area (Å²) < 4.78 is 0. The van der Waals surface area contributed by atoms with E-state index in [1.807, 2.05) is 56.0 Å². The van der Waals surface area contributed by atoms with Crippen molar-refractivity contribution in [2.24, 2.45) is 0 Å². The van der Waals surface area contributed by atoms with Crippen molar-refractivity contribution in [2.45, 2.75) is 34.1 Å². The van der Waals surface area contributed by atoms with Gasteiger partial charge in [-0.15, -0.1) is 0 Å². The second-order valence-corrected chi connectivity index (χ2v) is 6.00. The smallest absolute Gasteiger partial charge is 0.212 e. The number of nitrogens with zero attached hydrogens (tertiary/aromatic N) is 1. The van der Waals surface area contributed by atoms with Crippen LogP contribution in [0.5, 0.6) is 0 Å². The Bertz CT molecular complexity index is 825. The van der Waals surface area contributed by atoms with Crippen LogP contribution in [0.3, 0.4) is 0 Å². The fourth-order valence-electron chi connectivity index (χ4n) is 3.14. The first-order valence-corrected chi connectivity index (χ1v) is 9.67. The maximum Gasteiger partial charge on any atom is 0.212 e. The first kappa shape index (κ1) is 20.4. The number of allylic oxidation sites excluding steroid dienone is 2. The van der Waals surface area contributed by atoms with Gasteiger partial charge in [-0.2, -0.15) is 0 Å². The number of para-hydroxylation sites is 1. The monoisotopic (exact) mass is 364 g/mol. The lowest BCUT2D eigenvalue weighted by Crippen LogP contribution is -2.36. The predicted octanol–water partition coefficient (Wildman–Crippen LogP) is 5.15. The molecule has 0 radical (unpaired) electrons. The van der Waals surface area contributed by atoms with E-state index in [2.05, 4.69) is 12.2 Å². The molecule has 0 aromatic heterocycles. The minimum absolute atomic E-state index is 0.0936. The Morgan fingerprint density at radius 3 is 1.93 bits per heavy atom. The van der Waals surface area contributed by atoms with E-state index >= 15 is 0 Å². The van der Waals surface area contributed by atoms with Crippen LogP contribution >= 0.6 is 0 Å². The maximum atomic E-state index is 13.1. The summed E-state index contributed by atoms with van der Waals surface area (Å²) in [4.78, 5) is 28.2. The summed E-state index contributed by atoms with van der Waals surface area (Å²) in [5.74, 6) is -0.229. The maximum absolute atomic E-state index is 13.1. The summed E-state index contributed by atoms with van der Waals surface area (Å²) >= 11 is 0. The standard InChI is InChI=1S/C21H22N2O2.C2H6/c1-3-14-23(4-2)19-18(22-15-10-6-5-7-11-15)20(24)16-12-8-9-13-17(16)21(19)25;1-2/h5-13,22H,3-4,14H2,1-2H3;1-2H3. The van der Waals surface area contributed by atoms with Gasteiger partial charge in [-0.25, -0.2) is 0 Å². The zero-order chi connectivity index (χ0) is 19.8. The van der Waals surface area contributed by atoms with E-state index < -0.39 is 0 Å². The van der Waals surface area contributed by atoms with Crippen LogP contribution in [0.4, 0.5) is 5.69 Å². The second kappa shape index (κ2) is 9.72. The fraction of sp³-hybridized carbons (Fsp3) is 0.304. The Labute approximate surface area is 161 Å². The average Bonchev–Trinajstić information content (AvgIpc) is 2.73. The lowest BCUT2D eigenvalue weighted by atomic mass is 9.89. The Hall–Kier alpha value is -2.88. The minimum atomic E-state index is -0.136. The number of ketones is 2. The van der Waals surface area contributed by atoms with Gasteiger partial charge in [-0.3, -0.25) is 9.59 Å². The van der Waals surface area contributed by atoms with Crippen LogP contribution in [0.1, 0.15) is 54.8 Å². The van der Waals surface area contributed by atoms with Crippen LogP contribution < -0.4 is 5.32 Å². The Balaban J connectivity index is 0.00000126. The number of anilines is 1. The number of rotatable bonds is 6. The summed E-state index contributed by atoms with van der Waals surface area (Å²) in [7, 11) is 0. The number of nitrogens with one attached hydrogen (secondary N) is 1. The molecule has 3 rings (SSSR count). The minimum Gasteiger partial charge on any atom is -0.367 e. The largest absolute Gasteiger partial charge is 0.367 e. The number of hydrogen-bond donors (Lipinski definition) is 1. The number of carbonyl (C=O) groups is 2. The number of carbonyl (C=O) groups excluding carboxylic acids is 2. The Morgan fingerprint density at radius 1 is 0.815 bits per heavy atom. The van der Waals surface area contributed by atoms with Crippen molar-refractivity contribution in [3.63, 3.8) is 0 Å². The van der Waals surface area contributed by atoms with Crippen molar-refractivity contribution < 1.29 is 9.59 Å². The highest BCUT2D eigenvalue weighted by atomic mass is 16.1. The number of benzene rings is 2. The lowest BCUT2D eigenvalue weighted by molar-refractivity contribution is 0.0943. The van der Waals surface area contributed by atoms with E-state index in [0.29, 0.717) is 29.1 Å². The Kier molecular flexibility index (Phi) is 7.35. The third kappa shape index (κ3) is 4.27. The highest BCUT2D eigenvalue weighted by Crippen LogP contribution is 2.29. The van der Waals surface area contributed by atoms with Crippen LogP contribution in [0, 0.1) is 0 Å². The molecule has 0 heterocycles. The summed E-state index contributed by atoms with van der Waals surface area (Å²) in [6.45, 7) is 9.47. The van der Waals surface area contributed by atoms with Crippen molar-refractivity contribution in [1.29, 1.82) is 0 Å². The molecule has 4 heteroatoms. The molecule has 1 N–H and O–H groups in total. The van der Waals surface area contributed by atoms with E-state index in [9.17, 15) is 9.59 Å². The Morgan fingerprint density at radius 2 is 1.37 bits per heavy atom. The average molecular weight is 364 g/mol. The molecule has 27 heavy (non-hydrogen) atoms. The van der Waals surface area contributed by atoms with Gasteiger partial charge in [0.1, 0.15) is 11.4 Å². The zero-order valence-corrected chi connectivity index (χ0v) is 16.6. The molecule has 0 bridgehead atoms. The third-order valence-electron chi connectivity index (χ3n) is 4.33. The van der Waals surface area contributed by atoms with Gasteiger partial charge in [0.2, 0.25) is 11.6 Å². The topological polar surface area (TPSA) is 49.4 Å². The third-order valence-corrected chi connectivity index (χ3v) is 4.33. The second-order valence-electron chi connectivity index (χ2n) is 6.00. The number of hydrogen-bond acceptors (Lipinski definition) is 4. The molecule has 4 nitrogen and oxygen atoms in total. The molecule has 0 aliphatic heterocycles. The molecule has 0 amide bonds. The van der Waals surface area contributed by atoms with Crippen LogP contribution in [0.25, 0.3) is 0 Å². The van der Waals surface area contributed by atoms with Crippen molar-refractivity contribution >= 4 is 17.3 Å². The van der Waals surface area contributed by atoms with Crippen molar-refractivity contribution in [1.82, 2.24) is 4.90 Å². The van der Waals surface area contributed by atoms with Crippen molar-refractivity contribution in [2.75, 3.05) is 18.4 Å². The molecule has 0 spiro atoms. The predicted molar refractivity (Wildman–Crippen MR) is 111 cm³/mol. The van der Waals surface area contributed by atoms with E-state index in [-0.39, 0.29) is 11.6 Å². The lowest BCUT2D eigenvalue weighted by Gasteiger charge is -2.30. The molecule has 0 unspecified atom stereocenters. The van der Waals surface area contributed by atoms with E-state index in [4.69, 9.17) is 0 Å². The van der Waals surface area contributed by atoms with Gasteiger partial charge in [0.05, 0.1) is 0 Å². The van der Waals surface area contributed by atoms with Crippen LogP contribution in [-0.2, 0) is 0 Å². The molecule has 0 fully saturated rings. The van der Waals surface area contributed by atoms with Gasteiger partial charge >= 0.3 is 0 Å². The number of Topliss-reactive ketones (excluding diaryl/α,β-unsaturated/α-hetero) is 2. The van der Waals surface area contributed by atoms with Gasteiger partial charge in [-0.1, -0.05) is 63.2 Å². The first-order chi connectivity index (χ1) is 13.2. The fourth-order valence-corrected chi connectivity index (χ4v) is 3.14. The molecule has 2 aromatic carbocycles. The summed E-state index contributed by atoms with van der Waals surface area (Å²) in [5.41, 5.74) is 2.57. The molecule has 1 aliphatic rings. The first-order valence-electron chi connectivity index (χ1n) is 9.67. The number of likely N-dealkylation sites (N-methyl/N-ethyl adjacent to an activating group) is 1. The molecule has 142 valence electrons. The van der Waals surface area contributed by atoms with Gasteiger partial charge in [0.15, 0.2) is 0 Å². The van der Waals surface area contributed by atoms with Crippen molar-refractivity contribution in [3.05, 3.63) is 77.1 Å². The van der Waals surface area contributed by atoms with Gasteiger partial charge in [0.25, 0.3) is 0 Å². The quantitative estimate of drug-likeness (QED) is 0.770. The highest BCUT2D eigenvalue weighted by Gasteiger charge is 2.34. The van der Waals surface area contributed by atoms with Crippen LogP contribution in [0.15, 0.2) is 66.0 Å². The molecule has 0 atom stereocenters.